The summed E-state index contributed by atoms with van der Waals surface area (Å²) < 4.78 is 8.32. The minimum atomic E-state index is -0.0953. The number of aryl methyl sites for hydroxylation is 2. The molecule has 0 saturated carbocycles. The van der Waals surface area contributed by atoms with Gasteiger partial charge in [0.05, 0.1) is 17.6 Å². The minimum absolute atomic E-state index is 0.0953. The van der Waals surface area contributed by atoms with Gasteiger partial charge in [0.15, 0.2) is 0 Å². The number of hydrogen-bond donors (Lipinski definition) is 1. The van der Waals surface area contributed by atoms with E-state index in [1.54, 1.807) is 24.3 Å². The highest BCUT2D eigenvalue weighted by atomic mass is 35.5. The summed E-state index contributed by atoms with van der Waals surface area (Å²) in [6.45, 7) is 6.02. The Balaban J connectivity index is 1.38. The number of nitrogens with zero attached hydrogens (tertiary/aromatic N) is 2. The molecule has 4 rings (SSSR count). The fourth-order valence-electron chi connectivity index (χ4n) is 3.84. The minimum Gasteiger partial charge on any atom is -0.491 e. The average Bonchev–Trinajstić information content (AvgIpc) is 3.17. The molecule has 0 aliphatic carbocycles. The van der Waals surface area contributed by atoms with Crippen molar-refractivity contribution >= 4 is 28.5 Å². The number of para-hydroxylation sites is 2. The second-order valence-electron chi connectivity index (χ2n) is 8.08. The lowest BCUT2D eigenvalue weighted by molar-refractivity contribution is 0.0953. The number of imidazole rings is 1. The van der Waals surface area contributed by atoms with Crippen LogP contribution in [0.2, 0.25) is 5.02 Å². The van der Waals surface area contributed by atoms with Crippen molar-refractivity contribution < 1.29 is 9.53 Å². The average molecular weight is 462 g/mol. The summed E-state index contributed by atoms with van der Waals surface area (Å²) >= 11 is 5.89. The standard InChI is InChI=1S/C27H28ClN3O2/c1-19-7-5-10-25(20(19)2)33-18-17-31-24-9-4-3-8-23(24)30-26(31)11-6-16-29-27(32)21-12-14-22(28)15-13-21/h3-5,7-10,12-15H,6,11,16-18H2,1-2H3,(H,29,32). The van der Waals surface area contributed by atoms with Gasteiger partial charge in [0.1, 0.15) is 18.2 Å². The van der Waals surface area contributed by atoms with Crippen molar-refractivity contribution in [1.82, 2.24) is 14.9 Å². The Hall–Kier alpha value is -3.31. The first kappa shape index (κ1) is 22.9. The van der Waals surface area contributed by atoms with Gasteiger partial charge < -0.3 is 14.6 Å². The van der Waals surface area contributed by atoms with Crippen molar-refractivity contribution in [2.24, 2.45) is 0 Å². The van der Waals surface area contributed by atoms with Gasteiger partial charge >= 0.3 is 0 Å². The van der Waals surface area contributed by atoms with Crippen molar-refractivity contribution in [2.45, 2.75) is 33.2 Å². The van der Waals surface area contributed by atoms with Crippen molar-refractivity contribution in [3.8, 4) is 5.75 Å². The molecule has 4 aromatic rings. The number of fused-ring (bicyclic) bond motifs is 1. The van der Waals surface area contributed by atoms with Crippen molar-refractivity contribution in [3.05, 3.63) is 94.3 Å². The van der Waals surface area contributed by atoms with Gasteiger partial charge in [0.2, 0.25) is 0 Å². The zero-order valence-electron chi connectivity index (χ0n) is 19.0. The fourth-order valence-corrected chi connectivity index (χ4v) is 3.97. The number of amides is 1. The maximum atomic E-state index is 12.3. The molecular weight excluding hydrogens is 434 g/mol. The number of rotatable bonds is 9. The zero-order valence-corrected chi connectivity index (χ0v) is 19.7. The van der Waals surface area contributed by atoms with Gasteiger partial charge in [-0.1, -0.05) is 35.9 Å². The van der Waals surface area contributed by atoms with Crippen LogP contribution in [0.4, 0.5) is 0 Å². The zero-order chi connectivity index (χ0) is 23.2. The predicted molar refractivity (Wildman–Crippen MR) is 133 cm³/mol. The lowest BCUT2D eigenvalue weighted by Crippen LogP contribution is -2.25. The van der Waals surface area contributed by atoms with Crippen LogP contribution in [0.15, 0.2) is 66.7 Å². The predicted octanol–water partition coefficient (Wildman–Crippen LogP) is 5.75. The Morgan fingerprint density at radius 3 is 2.64 bits per heavy atom. The third kappa shape index (κ3) is 5.55. The summed E-state index contributed by atoms with van der Waals surface area (Å²) in [4.78, 5) is 17.1. The van der Waals surface area contributed by atoms with Crippen LogP contribution >= 0.6 is 11.6 Å². The highest BCUT2D eigenvalue weighted by Gasteiger charge is 2.12. The molecule has 6 heteroatoms. The monoisotopic (exact) mass is 461 g/mol. The summed E-state index contributed by atoms with van der Waals surface area (Å²) in [6.07, 6.45) is 1.56. The smallest absolute Gasteiger partial charge is 0.251 e. The van der Waals surface area contributed by atoms with Crippen LogP contribution in [-0.2, 0) is 13.0 Å². The number of halogens is 1. The van der Waals surface area contributed by atoms with E-state index in [0.717, 1.165) is 35.4 Å². The maximum Gasteiger partial charge on any atom is 0.251 e. The second kappa shape index (κ2) is 10.5. The van der Waals surface area contributed by atoms with Crippen molar-refractivity contribution in [1.29, 1.82) is 0 Å². The highest BCUT2D eigenvalue weighted by Crippen LogP contribution is 2.21. The summed E-state index contributed by atoms with van der Waals surface area (Å²) in [5.74, 6) is 1.83. The Kier molecular flexibility index (Phi) is 7.30. The van der Waals surface area contributed by atoms with Crippen LogP contribution in [0.3, 0.4) is 0 Å². The van der Waals surface area contributed by atoms with Crippen molar-refractivity contribution in [2.75, 3.05) is 13.2 Å². The molecule has 0 aliphatic heterocycles. The van der Waals surface area contributed by atoms with E-state index in [2.05, 4.69) is 35.9 Å². The number of carbonyl (C=O) groups excluding carboxylic acids is 1. The van der Waals surface area contributed by atoms with E-state index in [1.807, 2.05) is 30.3 Å². The molecule has 0 spiro atoms. The first-order chi connectivity index (χ1) is 16.0. The van der Waals surface area contributed by atoms with E-state index < -0.39 is 0 Å². The van der Waals surface area contributed by atoms with Gasteiger partial charge in [-0.25, -0.2) is 4.98 Å². The summed E-state index contributed by atoms with van der Waals surface area (Å²) in [5, 5.41) is 3.59. The van der Waals surface area contributed by atoms with Gasteiger partial charge in [-0.3, -0.25) is 4.79 Å². The number of nitrogens with one attached hydrogen (secondary N) is 1. The number of carbonyl (C=O) groups is 1. The number of aromatic nitrogens is 2. The third-order valence-electron chi connectivity index (χ3n) is 5.83. The van der Waals surface area contributed by atoms with Crippen LogP contribution in [0.1, 0.15) is 33.7 Å². The topological polar surface area (TPSA) is 56.1 Å². The Labute approximate surface area is 199 Å². The molecule has 0 radical (unpaired) electrons. The van der Waals surface area contributed by atoms with Crippen LogP contribution in [0, 0.1) is 13.8 Å². The molecule has 170 valence electrons. The van der Waals surface area contributed by atoms with Gasteiger partial charge in [-0.05, 0) is 73.9 Å². The van der Waals surface area contributed by atoms with Crippen molar-refractivity contribution in [3.63, 3.8) is 0 Å². The molecule has 1 heterocycles. The fraction of sp³-hybridized carbons (Fsp3) is 0.259. The first-order valence-electron chi connectivity index (χ1n) is 11.2. The molecule has 0 fully saturated rings. The largest absolute Gasteiger partial charge is 0.491 e. The molecule has 3 aromatic carbocycles. The molecule has 0 aliphatic rings. The maximum absolute atomic E-state index is 12.3. The summed E-state index contributed by atoms with van der Waals surface area (Å²) in [6, 6.07) is 21.2. The van der Waals surface area contributed by atoms with E-state index in [0.29, 0.717) is 30.3 Å². The number of benzene rings is 3. The second-order valence-corrected chi connectivity index (χ2v) is 8.52. The van der Waals surface area contributed by atoms with Crippen LogP contribution < -0.4 is 10.1 Å². The molecule has 0 bridgehead atoms. The van der Waals surface area contributed by atoms with Crippen LogP contribution in [0.25, 0.3) is 11.0 Å². The molecule has 1 N–H and O–H groups in total. The van der Waals surface area contributed by atoms with Gasteiger partial charge in [0.25, 0.3) is 5.91 Å². The lowest BCUT2D eigenvalue weighted by atomic mass is 10.1. The quantitative estimate of drug-likeness (QED) is 0.323. The summed E-state index contributed by atoms with van der Waals surface area (Å²) in [5.41, 5.74) is 5.08. The normalized spacial score (nSPS) is 11.0. The van der Waals surface area contributed by atoms with Gasteiger partial charge in [-0.15, -0.1) is 0 Å². The van der Waals surface area contributed by atoms with E-state index in [-0.39, 0.29) is 5.91 Å². The molecule has 0 atom stereocenters. The molecule has 33 heavy (non-hydrogen) atoms. The SMILES string of the molecule is Cc1cccc(OCCn2c(CCCNC(=O)c3ccc(Cl)cc3)nc3ccccc32)c1C. The van der Waals surface area contributed by atoms with E-state index in [4.69, 9.17) is 21.3 Å². The van der Waals surface area contributed by atoms with E-state index >= 15 is 0 Å². The van der Waals surface area contributed by atoms with Crippen LogP contribution in [0.5, 0.6) is 5.75 Å². The summed E-state index contributed by atoms with van der Waals surface area (Å²) in [7, 11) is 0. The first-order valence-corrected chi connectivity index (χ1v) is 11.6. The molecule has 1 aromatic heterocycles. The lowest BCUT2D eigenvalue weighted by Gasteiger charge is -2.13. The number of hydrogen-bond acceptors (Lipinski definition) is 3. The molecule has 1 amide bonds. The van der Waals surface area contributed by atoms with E-state index in [1.165, 1.54) is 11.1 Å². The molecular formula is C27H28ClN3O2. The Morgan fingerprint density at radius 2 is 1.82 bits per heavy atom. The Bertz CT molecular complexity index is 1250. The molecule has 0 saturated heterocycles. The van der Waals surface area contributed by atoms with E-state index in [9.17, 15) is 4.79 Å². The van der Waals surface area contributed by atoms with Gasteiger partial charge in [-0.2, -0.15) is 0 Å². The number of ether oxygens (including phenoxy) is 1. The Morgan fingerprint density at radius 1 is 1.03 bits per heavy atom. The highest BCUT2D eigenvalue weighted by molar-refractivity contribution is 6.30. The third-order valence-corrected chi connectivity index (χ3v) is 6.08. The molecule has 5 nitrogen and oxygen atoms in total. The van der Waals surface area contributed by atoms with Crippen LogP contribution in [-0.4, -0.2) is 28.6 Å². The molecule has 0 unspecified atom stereocenters. The van der Waals surface area contributed by atoms with Gasteiger partial charge in [0, 0.05) is 23.6 Å².